The van der Waals surface area contributed by atoms with Crippen LogP contribution in [0.5, 0.6) is 0 Å². The predicted molar refractivity (Wildman–Crippen MR) is 125 cm³/mol. The fourth-order valence-corrected chi connectivity index (χ4v) is 8.64. The highest BCUT2D eigenvalue weighted by Crippen LogP contribution is 2.37. The van der Waals surface area contributed by atoms with Crippen LogP contribution in [0.3, 0.4) is 0 Å². The van der Waals surface area contributed by atoms with Crippen molar-refractivity contribution in [3.05, 3.63) is 60.7 Å². The molecule has 0 amide bonds. The van der Waals surface area contributed by atoms with Crippen LogP contribution in [0.1, 0.15) is 27.7 Å². The number of rotatable bonds is 5. The van der Waals surface area contributed by atoms with Gasteiger partial charge >= 0.3 is 0 Å². The third kappa shape index (κ3) is 5.24. The van der Waals surface area contributed by atoms with Crippen molar-refractivity contribution < 1.29 is 9.53 Å². The van der Waals surface area contributed by atoms with Gasteiger partial charge in [0.15, 0.2) is 0 Å². The molecule has 0 unspecified atom stereocenters. The van der Waals surface area contributed by atoms with Crippen molar-refractivity contribution in [2.45, 2.75) is 64.6 Å². The SMILES string of the molecule is C[C@H](O)[C@H](C#C[Si](C)(C)C)O[Si](c1ccccc1)(c1ccccc1)C(C)(C)C. The monoisotopic (exact) mass is 410 g/mol. The van der Waals surface area contributed by atoms with Crippen molar-refractivity contribution in [1.82, 2.24) is 0 Å². The lowest BCUT2D eigenvalue weighted by atomic mass is 10.2. The lowest BCUT2D eigenvalue weighted by Gasteiger charge is -2.44. The maximum atomic E-state index is 10.5. The summed E-state index contributed by atoms with van der Waals surface area (Å²) in [7, 11) is -4.30. The fraction of sp³-hybridized carbons (Fsp3) is 0.417. The Balaban J connectivity index is 2.71. The second-order valence-corrected chi connectivity index (χ2v) is 18.5. The second kappa shape index (κ2) is 8.79. The van der Waals surface area contributed by atoms with E-state index in [0.717, 1.165) is 0 Å². The van der Waals surface area contributed by atoms with Gasteiger partial charge < -0.3 is 9.53 Å². The standard InChI is InChI=1S/C24H34O2Si2/c1-20(25)23(18-19-27(5,6)7)26-28(24(2,3)4,21-14-10-8-11-15-21)22-16-12-9-13-17-22/h8-17,20,23,25H,1-7H3/t20-,23-/m0/s1. The lowest BCUT2D eigenvalue weighted by Crippen LogP contribution is -2.68. The molecule has 150 valence electrons. The molecule has 2 aromatic rings. The summed E-state index contributed by atoms with van der Waals surface area (Å²) in [5.74, 6) is 3.30. The minimum Gasteiger partial charge on any atom is -0.391 e. The lowest BCUT2D eigenvalue weighted by molar-refractivity contribution is 0.0770. The molecule has 0 fully saturated rings. The summed E-state index contributed by atoms with van der Waals surface area (Å²) in [6.07, 6.45) is -1.18. The van der Waals surface area contributed by atoms with Crippen molar-refractivity contribution in [3.8, 4) is 11.5 Å². The van der Waals surface area contributed by atoms with Gasteiger partial charge in [0.05, 0.1) is 6.10 Å². The van der Waals surface area contributed by atoms with Crippen LogP contribution in [0, 0.1) is 11.5 Å². The Hall–Kier alpha value is -1.65. The number of hydrogen-bond donors (Lipinski definition) is 1. The van der Waals surface area contributed by atoms with Crippen LogP contribution in [0.4, 0.5) is 0 Å². The molecule has 2 atom stereocenters. The molecule has 0 saturated heterocycles. The molecular weight excluding hydrogens is 376 g/mol. The van der Waals surface area contributed by atoms with E-state index < -0.39 is 28.6 Å². The van der Waals surface area contributed by atoms with Crippen LogP contribution >= 0.6 is 0 Å². The van der Waals surface area contributed by atoms with Crippen LogP contribution in [0.25, 0.3) is 0 Å². The first-order chi connectivity index (χ1) is 13.0. The van der Waals surface area contributed by atoms with E-state index in [9.17, 15) is 5.11 Å². The normalized spacial score (nSPS) is 14.7. The Bertz CT molecular complexity index is 767. The third-order valence-corrected chi connectivity index (χ3v) is 10.7. The zero-order valence-corrected chi connectivity index (χ0v) is 20.3. The molecule has 0 spiro atoms. The topological polar surface area (TPSA) is 29.5 Å². The highest BCUT2D eigenvalue weighted by Gasteiger charge is 2.51. The fourth-order valence-electron chi connectivity index (χ4n) is 3.42. The summed E-state index contributed by atoms with van der Waals surface area (Å²) in [5, 5.41) is 12.8. The van der Waals surface area contributed by atoms with E-state index in [0.29, 0.717) is 0 Å². The van der Waals surface area contributed by atoms with Gasteiger partial charge in [-0.2, -0.15) is 0 Å². The van der Waals surface area contributed by atoms with Crippen LogP contribution in [-0.2, 0) is 4.43 Å². The number of hydrogen-bond acceptors (Lipinski definition) is 2. The smallest absolute Gasteiger partial charge is 0.262 e. The molecule has 2 nitrogen and oxygen atoms in total. The maximum Gasteiger partial charge on any atom is 0.262 e. The molecule has 0 radical (unpaired) electrons. The largest absolute Gasteiger partial charge is 0.391 e. The first-order valence-corrected chi connectivity index (χ1v) is 15.4. The molecule has 0 aliphatic heterocycles. The van der Waals surface area contributed by atoms with E-state index in [1.54, 1.807) is 6.92 Å². The molecule has 0 saturated carbocycles. The average molecular weight is 411 g/mol. The van der Waals surface area contributed by atoms with Crippen molar-refractivity contribution in [1.29, 1.82) is 0 Å². The third-order valence-electron chi connectivity index (χ3n) is 4.75. The molecule has 1 N–H and O–H groups in total. The Morgan fingerprint density at radius 2 is 1.29 bits per heavy atom. The minimum atomic E-state index is -2.72. The first-order valence-electron chi connectivity index (χ1n) is 9.97. The molecule has 0 aromatic heterocycles. The molecule has 2 rings (SSSR count). The Labute approximate surface area is 173 Å². The number of benzene rings is 2. The maximum absolute atomic E-state index is 10.5. The van der Waals surface area contributed by atoms with Gasteiger partial charge in [-0.3, -0.25) is 0 Å². The summed E-state index contributed by atoms with van der Waals surface area (Å²) >= 11 is 0. The van der Waals surface area contributed by atoms with Gasteiger partial charge in [-0.25, -0.2) is 0 Å². The zero-order chi connectivity index (χ0) is 21.0. The predicted octanol–water partition coefficient (Wildman–Crippen LogP) is 4.19. The van der Waals surface area contributed by atoms with Gasteiger partial charge in [-0.1, -0.05) is 107 Å². The van der Waals surface area contributed by atoms with Gasteiger partial charge in [0.2, 0.25) is 0 Å². The van der Waals surface area contributed by atoms with Crippen molar-refractivity contribution in [2.24, 2.45) is 0 Å². The highest BCUT2D eigenvalue weighted by atomic mass is 28.4. The van der Waals surface area contributed by atoms with E-state index in [1.165, 1.54) is 10.4 Å². The molecule has 0 aliphatic carbocycles. The van der Waals surface area contributed by atoms with Gasteiger partial charge in [0, 0.05) is 0 Å². The average Bonchev–Trinajstić information content (AvgIpc) is 2.61. The summed E-state index contributed by atoms with van der Waals surface area (Å²) in [6, 6.07) is 21.0. The Kier molecular flexibility index (Phi) is 7.11. The molecule has 28 heavy (non-hydrogen) atoms. The first kappa shape index (κ1) is 22.6. The highest BCUT2D eigenvalue weighted by molar-refractivity contribution is 6.99. The van der Waals surface area contributed by atoms with Crippen molar-refractivity contribution >= 4 is 26.8 Å². The van der Waals surface area contributed by atoms with E-state index in [4.69, 9.17) is 4.43 Å². The van der Waals surface area contributed by atoms with E-state index in [2.05, 4.69) is 100 Å². The molecule has 0 heterocycles. The molecule has 4 heteroatoms. The zero-order valence-electron chi connectivity index (χ0n) is 18.3. The minimum absolute atomic E-state index is 0.135. The molecular formula is C24H34O2Si2. The van der Waals surface area contributed by atoms with Crippen molar-refractivity contribution in [2.75, 3.05) is 0 Å². The molecule has 0 bridgehead atoms. The number of aliphatic hydroxyl groups is 1. The second-order valence-electron chi connectivity index (χ2n) is 9.46. The van der Waals surface area contributed by atoms with Gasteiger partial charge in [0.25, 0.3) is 8.32 Å². The van der Waals surface area contributed by atoms with Crippen LogP contribution in [0.2, 0.25) is 24.7 Å². The van der Waals surface area contributed by atoms with Gasteiger partial charge in [0.1, 0.15) is 14.2 Å². The van der Waals surface area contributed by atoms with Gasteiger partial charge in [-0.05, 0) is 22.3 Å². The summed E-state index contributed by atoms with van der Waals surface area (Å²) < 4.78 is 6.97. The number of aliphatic hydroxyl groups excluding tert-OH is 1. The quantitative estimate of drug-likeness (QED) is 0.591. The molecule has 0 aliphatic rings. The summed E-state index contributed by atoms with van der Waals surface area (Å²) in [6.45, 7) is 15.1. The van der Waals surface area contributed by atoms with E-state index in [-0.39, 0.29) is 5.04 Å². The molecule has 2 aromatic carbocycles. The van der Waals surface area contributed by atoms with Crippen molar-refractivity contribution in [3.63, 3.8) is 0 Å². The van der Waals surface area contributed by atoms with E-state index in [1.807, 2.05) is 12.1 Å². The Morgan fingerprint density at radius 1 is 0.857 bits per heavy atom. The van der Waals surface area contributed by atoms with Gasteiger partial charge in [-0.15, -0.1) is 5.54 Å². The summed E-state index contributed by atoms with van der Waals surface area (Å²) in [5.41, 5.74) is 3.41. The summed E-state index contributed by atoms with van der Waals surface area (Å²) in [4.78, 5) is 0. The van der Waals surface area contributed by atoms with Crippen LogP contribution < -0.4 is 10.4 Å². The van der Waals surface area contributed by atoms with E-state index >= 15 is 0 Å². The van der Waals surface area contributed by atoms with Crippen LogP contribution in [-0.4, -0.2) is 33.7 Å². The van der Waals surface area contributed by atoms with Crippen LogP contribution in [0.15, 0.2) is 60.7 Å². The Morgan fingerprint density at radius 3 is 1.61 bits per heavy atom.